The van der Waals surface area contributed by atoms with Crippen LogP contribution in [0.15, 0.2) is 0 Å². The van der Waals surface area contributed by atoms with Gasteiger partial charge < -0.3 is 14.2 Å². The van der Waals surface area contributed by atoms with E-state index in [2.05, 4.69) is 20.8 Å². The number of hydrogen-bond donors (Lipinski definition) is 0. The number of unbranched alkanes of at least 4 members (excludes halogenated alkanes) is 6. The molecule has 0 spiro atoms. The smallest absolute Gasteiger partial charge is 0.332 e. The van der Waals surface area contributed by atoms with Crippen LogP contribution in [-0.2, 0) is 23.8 Å². The highest BCUT2D eigenvalue weighted by Gasteiger charge is 2.10. The normalized spacial score (nSPS) is 10.8. The zero-order chi connectivity index (χ0) is 18.0. The zero-order valence-electron chi connectivity index (χ0n) is 15.8. The molecule has 0 aliphatic rings. The van der Waals surface area contributed by atoms with Crippen molar-refractivity contribution in [1.29, 1.82) is 0 Å². The van der Waals surface area contributed by atoms with E-state index in [1.165, 1.54) is 32.1 Å². The number of carbonyl (C=O) groups excluding carboxylic acids is 2. The second-order valence-electron chi connectivity index (χ2n) is 6.20. The molecule has 0 saturated heterocycles. The van der Waals surface area contributed by atoms with Crippen LogP contribution in [0.2, 0.25) is 0 Å². The van der Waals surface area contributed by atoms with Crippen molar-refractivity contribution >= 4 is 11.9 Å². The van der Waals surface area contributed by atoms with Crippen molar-refractivity contribution < 1.29 is 23.8 Å². The van der Waals surface area contributed by atoms with E-state index in [0.717, 1.165) is 25.7 Å². The molecular weight excluding hydrogens is 308 g/mol. The minimum atomic E-state index is -0.429. The molecule has 0 aliphatic heterocycles. The second-order valence-corrected chi connectivity index (χ2v) is 6.20. The van der Waals surface area contributed by atoms with Gasteiger partial charge in [-0.15, -0.1) is 0 Å². The summed E-state index contributed by atoms with van der Waals surface area (Å²) in [5, 5.41) is 0. The predicted molar refractivity (Wildman–Crippen MR) is 94.8 cm³/mol. The van der Waals surface area contributed by atoms with Gasteiger partial charge in [0, 0.05) is 0 Å². The van der Waals surface area contributed by atoms with Crippen LogP contribution in [0.1, 0.15) is 78.6 Å². The molecule has 0 saturated carbocycles. The molecule has 0 rings (SSSR count). The van der Waals surface area contributed by atoms with E-state index >= 15 is 0 Å². The fourth-order valence-corrected chi connectivity index (χ4v) is 2.28. The van der Waals surface area contributed by atoms with Gasteiger partial charge in [0.05, 0.1) is 13.2 Å². The fourth-order valence-electron chi connectivity index (χ4n) is 2.28. The first-order chi connectivity index (χ1) is 11.6. The molecule has 0 aliphatic carbocycles. The molecule has 0 radical (unpaired) electrons. The average molecular weight is 344 g/mol. The third kappa shape index (κ3) is 14.5. The van der Waals surface area contributed by atoms with Gasteiger partial charge in [-0.2, -0.15) is 0 Å². The minimum Gasteiger partial charge on any atom is -0.464 e. The first kappa shape index (κ1) is 22.9. The maximum atomic E-state index is 11.5. The molecule has 0 atom stereocenters. The summed E-state index contributed by atoms with van der Waals surface area (Å²) < 4.78 is 15.2. The third-order valence-electron chi connectivity index (χ3n) is 4.09. The molecule has 0 bridgehead atoms. The molecule has 0 N–H and O–H groups in total. The number of esters is 2. The minimum absolute atomic E-state index is 0.198. The van der Waals surface area contributed by atoms with E-state index in [1.54, 1.807) is 0 Å². The summed E-state index contributed by atoms with van der Waals surface area (Å²) in [6.07, 6.45) is 10.2. The van der Waals surface area contributed by atoms with E-state index in [1.807, 2.05) is 0 Å². The summed E-state index contributed by atoms with van der Waals surface area (Å²) in [6.45, 7) is 6.78. The number of ether oxygens (including phenoxy) is 3. The molecule has 0 aromatic rings. The summed E-state index contributed by atoms with van der Waals surface area (Å²) in [4.78, 5) is 22.9. The lowest BCUT2D eigenvalue weighted by atomic mass is 10.1. The Kier molecular flexibility index (Phi) is 16.0. The third-order valence-corrected chi connectivity index (χ3v) is 4.09. The molecule has 0 aromatic heterocycles. The number of rotatable bonds is 16. The highest BCUT2D eigenvalue weighted by Crippen LogP contribution is 2.08. The van der Waals surface area contributed by atoms with Gasteiger partial charge >= 0.3 is 11.9 Å². The van der Waals surface area contributed by atoms with Crippen molar-refractivity contribution in [2.45, 2.75) is 78.6 Å². The van der Waals surface area contributed by atoms with Crippen molar-refractivity contribution in [3.63, 3.8) is 0 Å². The van der Waals surface area contributed by atoms with Crippen LogP contribution in [0.25, 0.3) is 0 Å². The van der Waals surface area contributed by atoms with Gasteiger partial charge in [0.1, 0.15) is 13.2 Å². The summed E-state index contributed by atoms with van der Waals surface area (Å²) >= 11 is 0. The Morgan fingerprint density at radius 3 is 1.88 bits per heavy atom. The van der Waals surface area contributed by atoms with Crippen LogP contribution in [0.3, 0.4) is 0 Å². The summed E-state index contributed by atoms with van der Waals surface area (Å²) in [5.41, 5.74) is 0. The first-order valence-corrected chi connectivity index (χ1v) is 9.52. The monoisotopic (exact) mass is 344 g/mol. The number of hydrogen-bond acceptors (Lipinski definition) is 5. The van der Waals surface area contributed by atoms with Gasteiger partial charge in [0.2, 0.25) is 0 Å². The van der Waals surface area contributed by atoms with Gasteiger partial charge in [-0.3, -0.25) is 0 Å². The molecule has 5 nitrogen and oxygen atoms in total. The second kappa shape index (κ2) is 16.7. The Labute approximate surface area is 147 Å². The van der Waals surface area contributed by atoms with Crippen LogP contribution in [0, 0.1) is 5.92 Å². The van der Waals surface area contributed by atoms with Crippen LogP contribution in [0.4, 0.5) is 0 Å². The zero-order valence-corrected chi connectivity index (χ0v) is 15.8. The van der Waals surface area contributed by atoms with Crippen molar-refractivity contribution in [3.8, 4) is 0 Å². The lowest BCUT2D eigenvalue weighted by molar-refractivity contribution is -0.156. The molecule has 0 aromatic carbocycles. The Bertz CT molecular complexity index is 313. The van der Waals surface area contributed by atoms with Crippen molar-refractivity contribution in [2.75, 3.05) is 26.4 Å². The molecule has 0 heterocycles. The van der Waals surface area contributed by atoms with Gasteiger partial charge in [0.15, 0.2) is 0 Å². The quantitative estimate of drug-likeness (QED) is 0.309. The number of carbonyl (C=O) groups is 2. The topological polar surface area (TPSA) is 61.8 Å². The summed E-state index contributed by atoms with van der Waals surface area (Å²) in [7, 11) is 0. The molecule has 142 valence electrons. The lowest BCUT2D eigenvalue weighted by Gasteiger charge is -2.12. The summed E-state index contributed by atoms with van der Waals surface area (Å²) in [6, 6.07) is 0. The van der Waals surface area contributed by atoms with Crippen LogP contribution in [0.5, 0.6) is 0 Å². The largest absolute Gasteiger partial charge is 0.464 e. The summed E-state index contributed by atoms with van der Waals surface area (Å²) in [5.74, 6) is -0.462. The Balaban J connectivity index is 3.44. The van der Waals surface area contributed by atoms with E-state index in [9.17, 15) is 9.59 Å². The molecule has 24 heavy (non-hydrogen) atoms. The van der Waals surface area contributed by atoms with Crippen LogP contribution < -0.4 is 0 Å². The van der Waals surface area contributed by atoms with Crippen LogP contribution in [-0.4, -0.2) is 38.4 Å². The van der Waals surface area contributed by atoms with Gasteiger partial charge in [-0.25, -0.2) is 9.59 Å². The van der Waals surface area contributed by atoms with Gasteiger partial charge in [0.25, 0.3) is 0 Å². The highest BCUT2D eigenvalue weighted by molar-refractivity contribution is 5.73. The van der Waals surface area contributed by atoms with Crippen molar-refractivity contribution in [1.82, 2.24) is 0 Å². The SMILES string of the molecule is CCCCCCCCCOC(=O)COCC(=O)OCC(CC)CC. The van der Waals surface area contributed by atoms with E-state index < -0.39 is 11.9 Å². The molecule has 0 fully saturated rings. The fraction of sp³-hybridized carbons (Fsp3) is 0.895. The van der Waals surface area contributed by atoms with E-state index in [4.69, 9.17) is 14.2 Å². The Morgan fingerprint density at radius 2 is 1.29 bits per heavy atom. The Morgan fingerprint density at radius 1 is 0.750 bits per heavy atom. The maximum absolute atomic E-state index is 11.5. The van der Waals surface area contributed by atoms with Gasteiger partial charge in [-0.05, 0) is 12.3 Å². The van der Waals surface area contributed by atoms with Gasteiger partial charge in [-0.1, -0.05) is 72.1 Å². The molecule has 0 amide bonds. The van der Waals surface area contributed by atoms with Crippen LogP contribution >= 0.6 is 0 Å². The highest BCUT2D eigenvalue weighted by atomic mass is 16.6. The molecule has 0 unspecified atom stereocenters. The predicted octanol–water partition coefficient (Wildman–Crippen LogP) is 4.28. The van der Waals surface area contributed by atoms with Crippen molar-refractivity contribution in [2.24, 2.45) is 5.92 Å². The molecule has 5 heteroatoms. The first-order valence-electron chi connectivity index (χ1n) is 9.52. The lowest BCUT2D eigenvalue weighted by Crippen LogP contribution is -2.20. The Hall–Kier alpha value is -1.10. The molecular formula is C19H36O5. The van der Waals surface area contributed by atoms with E-state index in [0.29, 0.717) is 19.1 Å². The van der Waals surface area contributed by atoms with Crippen molar-refractivity contribution in [3.05, 3.63) is 0 Å². The standard InChI is InChI=1S/C19H36O5/c1-4-7-8-9-10-11-12-13-23-18(20)15-22-16-19(21)24-14-17(5-2)6-3/h17H,4-16H2,1-3H3. The van der Waals surface area contributed by atoms with E-state index in [-0.39, 0.29) is 13.2 Å². The maximum Gasteiger partial charge on any atom is 0.332 e. The average Bonchev–Trinajstić information content (AvgIpc) is 2.58.